The first-order chi connectivity index (χ1) is 13.8. The van der Waals surface area contributed by atoms with Gasteiger partial charge in [0.25, 0.3) is 10.0 Å². The van der Waals surface area contributed by atoms with Crippen molar-refractivity contribution in [1.82, 2.24) is 0 Å². The summed E-state index contributed by atoms with van der Waals surface area (Å²) in [6.07, 6.45) is 0. The molecule has 0 saturated carbocycles. The number of nitrogens with zero attached hydrogens (tertiary/aromatic N) is 1. The van der Waals surface area contributed by atoms with Crippen LogP contribution in [0.5, 0.6) is 5.75 Å². The molecule has 3 aromatic carbocycles. The van der Waals surface area contributed by atoms with Gasteiger partial charge in [0.1, 0.15) is 17.3 Å². The highest BCUT2D eigenvalue weighted by Gasteiger charge is 2.25. The Hall–Kier alpha value is -2.06. The third-order valence-electron chi connectivity index (χ3n) is 4.27. The second-order valence-electron chi connectivity index (χ2n) is 6.17. The Morgan fingerprint density at radius 2 is 1.72 bits per heavy atom. The molecule has 29 heavy (non-hydrogen) atoms. The maximum absolute atomic E-state index is 12.4. The lowest BCUT2D eigenvalue weighted by Crippen LogP contribution is -2.22. The summed E-state index contributed by atoms with van der Waals surface area (Å²) in [5, 5.41) is 4.11. The topological polar surface area (TPSA) is 67.8 Å². The van der Waals surface area contributed by atoms with Crippen molar-refractivity contribution in [2.24, 2.45) is 4.40 Å². The Bertz CT molecular complexity index is 1230. The summed E-state index contributed by atoms with van der Waals surface area (Å²) in [6.45, 7) is 0.192. The van der Waals surface area contributed by atoms with Crippen molar-refractivity contribution in [3.8, 4) is 5.75 Å². The molecule has 0 aromatic heterocycles. The lowest BCUT2D eigenvalue weighted by Gasteiger charge is -2.18. The molecule has 1 aliphatic rings. The van der Waals surface area contributed by atoms with Crippen LogP contribution in [0.15, 0.2) is 74.4 Å². The van der Waals surface area contributed by atoms with Crippen LogP contribution in [0.2, 0.25) is 10.0 Å². The van der Waals surface area contributed by atoms with Crippen molar-refractivity contribution in [1.29, 1.82) is 0 Å². The van der Waals surface area contributed by atoms with Gasteiger partial charge in [-0.2, -0.15) is 8.42 Å². The van der Waals surface area contributed by atoms with Crippen molar-refractivity contribution in [3.05, 3.63) is 86.3 Å². The molecule has 0 aliphatic carbocycles. The van der Waals surface area contributed by atoms with Gasteiger partial charge >= 0.3 is 0 Å². The molecule has 148 valence electrons. The maximum Gasteiger partial charge on any atom is 0.286 e. The van der Waals surface area contributed by atoms with E-state index in [0.29, 0.717) is 37.1 Å². The maximum atomic E-state index is 12.4. The molecule has 3 aromatic rings. The van der Waals surface area contributed by atoms with Crippen LogP contribution in [0.1, 0.15) is 11.1 Å². The van der Waals surface area contributed by atoms with Gasteiger partial charge in [0.2, 0.25) is 0 Å². The van der Waals surface area contributed by atoms with Gasteiger partial charge in [0.15, 0.2) is 5.84 Å². The number of halogens is 3. The predicted molar refractivity (Wildman–Crippen MR) is 119 cm³/mol. The molecule has 0 fully saturated rings. The van der Waals surface area contributed by atoms with E-state index in [1.807, 2.05) is 0 Å². The minimum absolute atomic E-state index is 0.152. The molecule has 9 heteroatoms. The molecule has 4 rings (SSSR count). The van der Waals surface area contributed by atoms with Gasteiger partial charge in [-0.3, -0.25) is 0 Å². The van der Waals surface area contributed by atoms with E-state index in [2.05, 4.69) is 25.6 Å². The lowest BCUT2D eigenvalue weighted by molar-refractivity contribution is 0.304. The largest absolute Gasteiger partial charge is 0.488 e. The second kappa shape index (κ2) is 7.99. The molecule has 0 radical (unpaired) electrons. The van der Waals surface area contributed by atoms with Crippen molar-refractivity contribution in [2.75, 3.05) is 5.32 Å². The summed E-state index contributed by atoms with van der Waals surface area (Å²) in [6, 6.07) is 17.1. The highest BCUT2D eigenvalue weighted by Crippen LogP contribution is 2.32. The number of amidine groups is 1. The fraction of sp³-hybridized carbons (Fsp3) is 0.0500. The van der Waals surface area contributed by atoms with E-state index in [1.54, 1.807) is 54.6 Å². The molecule has 1 aliphatic heterocycles. The van der Waals surface area contributed by atoms with Crippen molar-refractivity contribution in [2.45, 2.75) is 11.5 Å². The number of sulfonamides is 1. The Morgan fingerprint density at radius 1 is 1.00 bits per heavy atom. The molecular formula is C20H13BrCl2N2O3S. The zero-order valence-corrected chi connectivity index (χ0v) is 18.6. The van der Waals surface area contributed by atoms with E-state index in [0.717, 1.165) is 0 Å². The fourth-order valence-electron chi connectivity index (χ4n) is 2.82. The zero-order chi connectivity index (χ0) is 20.6. The number of ether oxygens (including phenoxy) is 1. The van der Waals surface area contributed by atoms with Gasteiger partial charge in [-0.15, -0.1) is 4.40 Å². The van der Waals surface area contributed by atoms with E-state index < -0.39 is 10.0 Å². The van der Waals surface area contributed by atoms with Gasteiger partial charge < -0.3 is 10.1 Å². The molecule has 1 N–H and O–H groups in total. The first kappa shape index (κ1) is 20.2. The zero-order valence-electron chi connectivity index (χ0n) is 14.7. The van der Waals surface area contributed by atoms with Crippen molar-refractivity contribution >= 4 is 60.7 Å². The lowest BCUT2D eigenvalue weighted by atomic mass is 10.2. The number of nitrogens with one attached hydrogen (secondary N) is 1. The molecule has 0 bridgehead atoms. The first-order valence-electron chi connectivity index (χ1n) is 8.42. The van der Waals surface area contributed by atoms with Gasteiger partial charge in [-0.25, -0.2) is 0 Å². The fourth-order valence-corrected chi connectivity index (χ4v) is 4.96. The highest BCUT2D eigenvalue weighted by molar-refractivity contribution is 9.10. The molecule has 0 saturated heterocycles. The minimum atomic E-state index is -3.77. The van der Waals surface area contributed by atoms with Crippen molar-refractivity contribution in [3.63, 3.8) is 0 Å². The molecule has 0 unspecified atom stereocenters. The number of rotatable bonds is 4. The van der Waals surface area contributed by atoms with Crippen molar-refractivity contribution < 1.29 is 13.2 Å². The van der Waals surface area contributed by atoms with Gasteiger partial charge in [-0.1, -0.05) is 41.4 Å². The standard InChI is InChI=1S/C20H13BrCl2N2O3S/c21-14-10-12(20-24-17-6-1-2-7-19(17)29(26,27)25-20)8-9-18(14)28-11-13-15(22)4-3-5-16(13)23/h1-10H,11H2,(H,24,25). The van der Waals surface area contributed by atoms with Crippen LogP contribution in [-0.2, 0) is 16.6 Å². The number of para-hydroxylation sites is 1. The summed E-state index contributed by atoms with van der Waals surface area (Å²) < 4.78 is 35.2. The molecule has 0 atom stereocenters. The predicted octanol–water partition coefficient (Wildman–Crippen LogP) is 5.90. The molecule has 1 heterocycles. The van der Waals surface area contributed by atoms with Crippen LogP contribution in [0.4, 0.5) is 5.69 Å². The SMILES string of the molecule is O=S1(=O)N=C(c2ccc(OCc3c(Cl)cccc3Cl)c(Br)c2)Nc2ccccc21. The number of hydrogen-bond acceptors (Lipinski definition) is 4. The van der Waals surface area contributed by atoms with E-state index in [1.165, 1.54) is 6.07 Å². The van der Waals surface area contributed by atoms with E-state index in [9.17, 15) is 8.42 Å². The third kappa shape index (κ3) is 4.14. The monoisotopic (exact) mass is 510 g/mol. The Balaban J connectivity index is 1.59. The van der Waals surface area contributed by atoms with Crippen LogP contribution in [-0.4, -0.2) is 14.3 Å². The summed E-state index contributed by atoms with van der Waals surface area (Å²) in [4.78, 5) is 0.152. The number of hydrogen-bond donors (Lipinski definition) is 1. The number of fused-ring (bicyclic) bond motifs is 1. The highest BCUT2D eigenvalue weighted by atomic mass is 79.9. The Kier molecular flexibility index (Phi) is 5.57. The quantitative estimate of drug-likeness (QED) is 0.473. The molecular weight excluding hydrogens is 499 g/mol. The van der Waals surface area contributed by atoms with E-state index in [-0.39, 0.29) is 17.3 Å². The van der Waals surface area contributed by atoms with Gasteiger partial charge in [-0.05, 0) is 58.4 Å². The summed E-state index contributed by atoms with van der Waals surface area (Å²) in [5.41, 5.74) is 1.77. The third-order valence-corrected chi connectivity index (χ3v) is 6.93. The van der Waals surface area contributed by atoms with Gasteiger partial charge in [0, 0.05) is 21.2 Å². The van der Waals surface area contributed by atoms with Crippen LogP contribution in [0, 0.1) is 0 Å². The summed E-state index contributed by atoms with van der Waals surface area (Å²) in [5.74, 6) is 0.800. The molecule has 0 spiro atoms. The first-order valence-corrected chi connectivity index (χ1v) is 11.4. The summed E-state index contributed by atoms with van der Waals surface area (Å²) >= 11 is 15.8. The van der Waals surface area contributed by atoms with Gasteiger partial charge in [0.05, 0.1) is 10.2 Å². The number of benzene rings is 3. The Labute approximate surface area is 186 Å². The average molecular weight is 512 g/mol. The van der Waals surface area contributed by atoms with Crippen LogP contribution in [0.25, 0.3) is 0 Å². The van der Waals surface area contributed by atoms with Crippen LogP contribution in [0.3, 0.4) is 0 Å². The average Bonchev–Trinajstić information content (AvgIpc) is 2.68. The smallest absolute Gasteiger partial charge is 0.286 e. The van der Waals surface area contributed by atoms with Crippen LogP contribution >= 0.6 is 39.1 Å². The second-order valence-corrected chi connectivity index (χ2v) is 9.41. The summed E-state index contributed by atoms with van der Waals surface area (Å²) in [7, 11) is -3.77. The molecule has 5 nitrogen and oxygen atoms in total. The Morgan fingerprint density at radius 3 is 2.45 bits per heavy atom. The van der Waals surface area contributed by atoms with E-state index >= 15 is 0 Å². The molecule has 0 amide bonds. The van der Waals surface area contributed by atoms with Crippen LogP contribution < -0.4 is 10.1 Å². The number of anilines is 1. The minimum Gasteiger partial charge on any atom is -0.488 e. The normalized spacial score (nSPS) is 14.5. The van der Waals surface area contributed by atoms with E-state index in [4.69, 9.17) is 27.9 Å².